The van der Waals surface area contributed by atoms with Gasteiger partial charge in [0.15, 0.2) is 11.5 Å². The smallest absolute Gasteiger partial charge is 0.744 e. The first-order chi connectivity index (χ1) is 16.3. The molecule has 0 saturated heterocycles. The SMILES string of the molecule is Cc1nn(-c2cc(SOO[O-])ccc2S(=O)(=O)[O-])c(N)c1N=Nc1nnc(-c2ccccc2)s1.[Na+].[Na+]. The Labute approximate surface area is 257 Å². The van der Waals surface area contributed by atoms with E-state index in [1.807, 2.05) is 30.3 Å². The summed E-state index contributed by atoms with van der Waals surface area (Å²) in [4.78, 5) is -0.342. The Morgan fingerprint density at radius 2 is 1.83 bits per heavy atom. The number of hydrogen-bond donors (Lipinski definition) is 1. The average Bonchev–Trinajstić information content (AvgIpc) is 3.40. The zero-order valence-electron chi connectivity index (χ0n) is 19.1. The quantitative estimate of drug-likeness (QED) is 0.0566. The number of hydrogen-bond acceptors (Lipinski definition) is 14. The molecule has 0 radical (unpaired) electrons. The van der Waals surface area contributed by atoms with Crippen molar-refractivity contribution in [2.75, 3.05) is 5.73 Å². The number of rotatable bonds is 8. The molecular weight excluding hydrogens is 552 g/mol. The van der Waals surface area contributed by atoms with Crippen molar-refractivity contribution >= 4 is 50.1 Å². The van der Waals surface area contributed by atoms with Crippen LogP contribution in [0.15, 0.2) is 68.6 Å². The van der Waals surface area contributed by atoms with Gasteiger partial charge in [-0.25, -0.2) is 13.1 Å². The summed E-state index contributed by atoms with van der Waals surface area (Å²) in [6, 6.07) is 12.9. The second kappa shape index (κ2) is 13.5. The van der Waals surface area contributed by atoms with Gasteiger partial charge in [0.1, 0.15) is 15.1 Å². The molecule has 0 aliphatic carbocycles. The minimum Gasteiger partial charge on any atom is -0.744 e. The molecule has 0 aliphatic heterocycles. The molecule has 0 spiro atoms. The van der Waals surface area contributed by atoms with E-state index >= 15 is 0 Å². The average molecular weight is 566 g/mol. The van der Waals surface area contributed by atoms with Crippen molar-refractivity contribution < 1.29 is 86.7 Å². The summed E-state index contributed by atoms with van der Waals surface area (Å²) in [5.74, 6) is -0.0814. The summed E-state index contributed by atoms with van der Waals surface area (Å²) in [6.07, 6.45) is 0. The van der Waals surface area contributed by atoms with E-state index in [0.29, 0.717) is 22.7 Å². The summed E-state index contributed by atoms with van der Waals surface area (Å²) in [5.41, 5.74) is 7.32. The van der Waals surface area contributed by atoms with Crippen molar-refractivity contribution in [2.24, 2.45) is 10.2 Å². The molecule has 2 aromatic heterocycles. The molecule has 0 unspecified atom stereocenters. The fourth-order valence-corrected chi connectivity index (χ4v) is 4.57. The van der Waals surface area contributed by atoms with Crippen LogP contribution in [0.2, 0.25) is 0 Å². The Bertz CT molecular complexity index is 1470. The van der Waals surface area contributed by atoms with Crippen LogP contribution in [-0.4, -0.2) is 32.9 Å². The molecule has 13 nitrogen and oxygen atoms in total. The van der Waals surface area contributed by atoms with Gasteiger partial charge in [0.05, 0.1) is 28.3 Å². The van der Waals surface area contributed by atoms with Gasteiger partial charge in [-0.2, -0.15) is 9.43 Å². The van der Waals surface area contributed by atoms with E-state index in [2.05, 4.69) is 34.9 Å². The normalized spacial score (nSPS) is 11.3. The number of nitrogens with two attached hydrogens (primary N) is 1. The van der Waals surface area contributed by atoms with Crippen LogP contribution in [-0.2, 0) is 19.5 Å². The standard InChI is InChI=1S/C18H15N7O6S3.2Na/c1-10-15(20-22-18-23-21-17(32-18)11-5-3-2-4-6-11)16(19)25(24-10)13-9-12(33-31-30-26)7-8-14(13)34(27,28)29;;/h2-9,26H,19H2,1H3,(H,27,28,29);;/q;2*+1/p-2. The number of azo groups is 1. The molecule has 2 N–H and O–H groups in total. The zero-order valence-corrected chi connectivity index (χ0v) is 25.5. The topological polar surface area (TPSA) is 193 Å². The monoisotopic (exact) mass is 565 g/mol. The third-order valence-corrected chi connectivity index (χ3v) is 6.63. The van der Waals surface area contributed by atoms with E-state index in [-0.39, 0.29) is 86.3 Å². The van der Waals surface area contributed by atoms with Gasteiger partial charge in [-0.3, -0.25) is 5.04 Å². The summed E-state index contributed by atoms with van der Waals surface area (Å²) in [5, 5.41) is 34.7. The summed E-state index contributed by atoms with van der Waals surface area (Å²) >= 11 is 1.71. The first kappa shape index (κ1) is 31.0. The van der Waals surface area contributed by atoms with Crippen LogP contribution < -0.4 is 70.1 Å². The molecule has 2 aromatic carbocycles. The summed E-state index contributed by atoms with van der Waals surface area (Å²) in [6.45, 7) is 1.58. The molecule has 176 valence electrons. The number of aromatic nitrogens is 4. The second-order valence-electron chi connectivity index (χ2n) is 6.49. The number of anilines is 1. The van der Waals surface area contributed by atoms with Gasteiger partial charge < -0.3 is 15.5 Å². The van der Waals surface area contributed by atoms with Crippen molar-refractivity contribution in [1.82, 2.24) is 20.0 Å². The molecule has 0 atom stereocenters. The van der Waals surface area contributed by atoms with Crippen LogP contribution in [0, 0.1) is 6.92 Å². The summed E-state index contributed by atoms with van der Waals surface area (Å²) < 4.78 is 40.6. The molecular formula is C18H13N7Na2O6S3. The predicted octanol–water partition coefficient (Wildman–Crippen LogP) is -3.16. The van der Waals surface area contributed by atoms with Crippen molar-refractivity contribution in [2.45, 2.75) is 16.7 Å². The van der Waals surface area contributed by atoms with Crippen LogP contribution in [0.5, 0.6) is 0 Å². The Hall–Kier alpha value is -1.25. The molecule has 18 heteroatoms. The van der Waals surface area contributed by atoms with E-state index in [1.54, 1.807) is 6.92 Å². The van der Waals surface area contributed by atoms with Crippen LogP contribution >= 0.6 is 23.4 Å². The molecule has 0 amide bonds. The number of nitrogen functional groups attached to an aromatic ring is 1. The minimum absolute atomic E-state index is 0. The van der Waals surface area contributed by atoms with E-state index in [9.17, 15) is 18.2 Å². The Kier molecular flexibility index (Phi) is 11.6. The van der Waals surface area contributed by atoms with Crippen LogP contribution in [0.25, 0.3) is 16.3 Å². The molecule has 4 rings (SSSR count). The first-order valence-corrected chi connectivity index (χ1v) is 12.1. The van der Waals surface area contributed by atoms with Crippen LogP contribution in [0.3, 0.4) is 0 Å². The van der Waals surface area contributed by atoms with Crippen LogP contribution in [0.1, 0.15) is 5.69 Å². The number of benzene rings is 2. The van der Waals surface area contributed by atoms with E-state index in [0.717, 1.165) is 16.3 Å². The third-order valence-electron chi connectivity index (χ3n) is 4.32. The summed E-state index contributed by atoms with van der Waals surface area (Å²) in [7, 11) is -4.90. The van der Waals surface area contributed by atoms with Gasteiger partial charge >= 0.3 is 59.1 Å². The fraction of sp³-hybridized carbons (Fsp3) is 0.0556. The minimum atomic E-state index is -4.90. The first-order valence-electron chi connectivity index (χ1n) is 9.17. The maximum atomic E-state index is 11.8. The van der Waals surface area contributed by atoms with Crippen molar-refractivity contribution in [1.29, 1.82) is 0 Å². The Morgan fingerprint density at radius 3 is 2.50 bits per heavy atom. The largest absolute Gasteiger partial charge is 1.00 e. The van der Waals surface area contributed by atoms with E-state index in [4.69, 9.17) is 5.73 Å². The van der Waals surface area contributed by atoms with E-state index < -0.39 is 15.0 Å². The maximum Gasteiger partial charge on any atom is 1.00 e. The molecule has 0 saturated carbocycles. The molecule has 0 bridgehead atoms. The van der Waals surface area contributed by atoms with Gasteiger partial charge in [0.2, 0.25) is 0 Å². The van der Waals surface area contributed by atoms with Gasteiger partial charge in [0, 0.05) is 10.5 Å². The molecule has 0 fully saturated rings. The van der Waals surface area contributed by atoms with Gasteiger partial charge in [-0.1, -0.05) is 41.7 Å². The predicted molar refractivity (Wildman–Crippen MR) is 118 cm³/mol. The van der Waals surface area contributed by atoms with Crippen molar-refractivity contribution in [3.8, 4) is 16.3 Å². The zero-order chi connectivity index (χ0) is 24.3. The third kappa shape index (κ3) is 7.19. The molecule has 36 heavy (non-hydrogen) atoms. The van der Waals surface area contributed by atoms with Crippen LogP contribution in [0.4, 0.5) is 16.6 Å². The maximum absolute atomic E-state index is 11.8. The fourth-order valence-electron chi connectivity index (χ4n) is 2.87. The second-order valence-corrected chi connectivity index (χ2v) is 9.57. The van der Waals surface area contributed by atoms with Gasteiger partial charge in [-0.05, 0) is 25.1 Å². The van der Waals surface area contributed by atoms with Crippen molar-refractivity contribution in [3.63, 3.8) is 0 Å². The molecule has 4 aromatic rings. The van der Waals surface area contributed by atoms with E-state index in [1.165, 1.54) is 23.5 Å². The molecule has 0 aliphatic rings. The van der Waals surface area contributed by atoms with Crippen molar-refractivity contribution in [3.05, 3.63) is 54.2 Å². The molecule has 2 heterocycles. The Morgan fingerprint density at radius 1 is 1.11 bits per heavy atom. The number of aryl methyl sites for hydroxylation is 1. The van der Waals surface area contributed by atoms with Gasteiger partial charge in [-0.15, -0.1) is 20.4 Å². The number of nitrogens with zero attached hydrogens (tertiary/aromatic N) is 6. The van der Waals surface area contributed by atoms with Gasteiger partial charge in [0.25, 0.3) is 5.13 Å². The Balaban J connectivity index is 0.00000228.